The van der Waals surface area contributed by atoms with Crippen LogP contribution in [0.5, 0.6) is 11.5 Å². The lowest BCUT2D eigenvalue weighted by Gasteiger charge is -2.09. The number of anilines is 1. The molecule has 1 aromatic heterocycles. The molecule has 6 nitrogen and oxygen atoms in total. The Bertz CT molecular complexity index is 949. The highest BCUT2D eigenvalue weighted by molar-refractivity contribution is 8.00. The summed E-state index contributed by atoms with van der Waals surface area (Å²) < 4.78 is 11.4. The second-order valence-corrected chi connectivity index (χ2v) is 8.36. The number of para-hydroxylation sites is 2. The first-order valence-corrected chi connectivity index (χ1v) is 10.6. The minimum atomic E-state index is -0.340. The lowest BCUT2D eigenvalue weighted by atomic mass is 10.2. The van der Waals surface area contributed by atoms with Crippen LogP contribution in [-0.2, 0) is 10.5 Å². The molecule has 0 unspecified atom stereocenters. The van der Waals surface area contributed by atoms with Crippen molar-refractivity contribution in [1.82, 2.24) is 10.2 Å². The molecular weight excluding hydrogens is 441 g/mol. The van der Waals surface area contributed by atoms with Gasteiger partial charge in [-0.1, -0.05) is 64.5 Å². The number of hydrogen-bond acceptors (Lipinski definition) is 7. The third-order valence-corrected chi connectivity index (χ3v) is 6.19. The molecule has 0 aliphatic rings. The Morgan fingerprint density at radius 3 is 2.54 bits per heavy atom. The number of amides is 1. The van der Waals surface area contributed by atoms with E-state index in [-0.39, 0.29) is 12.5 Å². The van der Waals surface area contributed by atoms with Crippen LogP contribution in [0.15, 0.2) is 46.8 Å². The van der Waals surface area contributed by atoms with Crippen molar-refractivity contribution in [2.75, 3.05) is 19.0 Å². The Labute approximate surface area is 180 Å². The maximum absolute atomic E-state index is 12.1. The highest BCUT2D eigenvalue weighted by Gasteiger charge is 2.12. The van der Waals surface area contributed by atoms with E-state index in [0.29, 0.717) is 36.8 Å². The second-order valence-electron chi connectivity index (χ2n) is 5.35. The standard InChI is InChI=1S/C18H15Cl2N3O3S2/c1-25-14-7-2-3-8-15(14)26-9-16(24)21-17-22-23-18(28-17)27-10-11-12(19)5-4-6-13(11)20/h2-8H,9-10H2,1H3,(H,21,22,24). The number of hydrogen-bond donors (Lipinski definition) is 1. The number of nitrogens with zero attached hydrogens (tertiary/aromatic N) is 2. The molecule has 0 spiro atoms. The van der Waals surface area contributed by atoms with Gasteiger partial charge in [-0.2, -0.15) is 0 Å². The van der Waals surface area contributed by atoms with Crippen molar-refractivity contribution >= 4 is 57.3 Å². The number of rotatable bonds is 8. The third kappa shape index (κ3) is 5.51. The van der Waals surface area contributed by atoms with E-state index in [4.69, 9.17) is 32.7 Å². The third-order valence-electron chi connectivity index (χ3n) is 3.48. The zero-order valence-corrected chi connectivity index (χ0v) is 17.8. The van der Waals surface area contributed by atoms with Crippen molar-refractivity contribution < 1.29 is 14.3 Å². The number of carbonyl (C=O) groups is 1. The molecule has 0 saturated heterocycles. The topological polar surface area (TPSA) is 73.3 Å². The van der Waals surface area contributed by atoms with Crippen LogP contribution >= 0.6 is 46.3 Å². The van der Waals surface area contributed by atoms with Crippen LogP contribution in [0.4, 0.5) is 5.13 Å². The number of aromatic nitrogens is 2. The van der Waals surface area contributed by atoms with Crippen molar-refractivity contribution in [1.29, 1.82) is 0 Å². The first kappa shape index (κ1) is 20.7. The SMILES string of the molecule is COc1ccccc1OCC(=O)Nc1nnc(SCc2c(Cl)cccc2Cl)s1. The predicted molar refractivity (Wildman–Crippen MR) is 113 cm³/mol. The van der Waals surface area contributed by atoms with Gasteiger partial charge in [0, 0.05) is 15.8 Å². The van der Waals surface area contributed by atoms with E-state index < -0.39 is 0 Å². The highest BCUT2D eigenvalue weighted by Crippen LogP contribution is 2.33. The van der Waals surface area contributed by atoms with E-state index in [1.807, 2.05) is 6.07 Å². The minimum absolute atomic E-state index is 0.169. The first-order chi connectivity index (χ1) is 13.6. The number of thioether (sulfide) groups is 1. The Hall–Kier alpha value is -2.00. The molecule has 3 rings (SSSR count). The molecule has 1 heterocycles. The molecule has 0 radical (unpaired) electrons. The van der Waals surface area contributed by atoms with Gasteiger partial charge < -0.3 is 9.47 Å². The van der Waals surface area contributed by atoms with Crippen LogP contribution in [0.1, 0.15) is 5.56 Å². The van der Waals surface area contributed by atoms with Crippen molar-refractivity contribution in [3.05, 3.63) is 58.1 Å². The van der Waals surface area contributed by atoms with Crippen molar-refractivity contribution in [2.24, 2.45) is 0 Å². The van der Waals surface area contributed by atoms with Gasteiger partial charge in [0.05, 0.1) is 7.11 Å². The maximum Gasteiger partial charge on any atom is 0.264 e. The van der Waals surface area contributed by atoms with Crippen LogP contribution < -0.4 is 14.8 Å². The van der Waals surface area contributed by atoms with Crippen LogP contribution in [0.25, 0.3) is 0 Å². The van der Waals surface area contributed by atoms with Crippen LogP contribution in [-0.4, -0.2) is 29.8 Å². The average Bonchev–Trinajstić information content (AvgIpc) is 3.13. The summed E-state index contributed by atoms with van der Waals surface area (Å²) in [5, 5.41) is 12.3. The largest absolute Gasteiger partial charge is 0.493 e. The van der Waals surface area contributed by atoms with Crippen LogP contribution in [0.2, 0.25) is 10.0 Å². The maximum atomic E-state index is 12.1. The normalized spacial score (nSPS) is 10.5. The van der Waals surface area contributed by atoms with Gasteiger partial charge in [-0.15, -0.1) is 10.2 Å². The first-order valence-electron chi connectivity index (χ1n) is 8.01. The highest BCUT2D eigenvalue weighted by atomic mass is 35.5. The molecule has 0 atom stereocenters. The molecule has 3 aromatic rings. The van der Waals surface area contributed by atoms with E-state index >= 15 is 0 Å². The van der Waals surface area contributed by atoms with E-state index in [9.17, 15) is 4.79 Å². The minimum Gasteiger partial charge on any atom is -0.493 e. The summed E-state index contributed by atoms with van der Waals surface area (Å²) in [5.74, 6) is 1.26. The number of benzene rings is 2. The zero-order valence-electron chi connectivity index (χ0n) is 14.6. The van der Waals surface area contributed by atoms with E-state index in [1.165, 1.54) is 23.1 Å². The van der Waals surface area contributed by atoms with Gasteiger partial charge in [-0.3, -0.25) is 10.1 Å². The molecule has 0 aliphatic heterocycles. The summed E-state index contributed by atoms with van der Waals surface area (Å²) in [6.07, 6.45) is 0. The molecule has 1 N–H and O–H groups in total. The summed E-state index contributed by atoms with van der Waals surface area (Å²) in [5.41, 5.74) is 0.835. The van der Waals surface area contributed by atoms with Gasteiger partial charge in [0.1, 0.15) is 0 Å². The Morgan fingerprint density at radius 2 is 1.82 bits per heavy atom. The quantitative estimate of drug-likeness (QED) is 0.373. The predicted octanol–water partition coefficient (Wildman–Crippen LogP) is 5.16. The Morgan fingerprint density at radius 1 is 1.11 bits per heavy atom. The molecular formula is C18H15Cl2N3O3S2. The zero-order chi connectivity index (χ0) is 19.9. The summed E-state index contributed by atoms with van der Waals surface area (Å²) in [7, 11) is 1.54. The number of halogens is 2. The van der Waals surface area contributed by atoms with Gasteiger partial charge in [0.15, 0.2) is 22.4 Å². The molecule has 0 fully saturated rings. The van der Waals surface area contributed by atoms with Crippen LogP contribution in [0, 0.1) is 0 Å². The number of carbonyl (C=O) groups excluding carboxylic acids is 1. The fourth-order valence-electron chi connectivity index (χ4n) is 2.16. The monoisotopic (exact) mass is 455 g/mol. The molecule has 0 aliphatic carbocycles. The lowest BCUT2D eigenvalue weighted by Crippen LogP contribution is -2.20. The van der Waals surface area contributed by atoms with Gasteiger partial charge in [0.2, 0.25) is 5.13 Å². The van der Waals surface area contributed by atoms with Crippen molar-refractivity contribution in [3.63, 3.8) is 0 Å². The lowest BCUT2D eigenvalue weighted by molar-refractivity contribution is -0.118. The second kappa shape index (κ2) is 9.97. The fraction of sp³-hybridized carbons (Fsp3) is 0.167. The summed E-state index contributed by atoms with van der Waals surface area (Å²) in [6.45, 7) is -0.169. The van der Waals surface area contributed by atoms with Gasteiger partial charge >= 0.3 is 0 Å². The average molecular weight is 456 g/mol. The van der Waals surface area contributed by atoms with Gasteiger partial charge in [0.25, 0.3) is 5.91 Å². The number of ether oxygens (including phenoxy) is 2. The molecule has 0 bridgehead atoms. The van der Waals surface area contributed by atoms with Gasteiger partial charge in [-0.05, 0) is 29.8 Å². The molecule has 146 valence electrons. The summed E-state index contributed by atoms with van der Waals surface area (Å²) in [6, 6.07) is 12.5. The summed E-state index contributed by atoms with van der Waals surface area (Å²) >= 11 is 15.0. The molecule has 10 heteroatoms. The molecule has 0 saturated carbocycles. The molecule has 1 amide bonds. The van der Waals surface area contributed by atoms with Crippen molar-refractivity contribution in [2.45, 2.75) is 10.1 Å². The van der Waals surface area contributed by atoms with E-state index in [2.05, 4.69) is 15.5 Å². The van der Waals surface area contributed by atoms with E-state index in [0.717, 1.165) is 5.56 Å². The molecule has 2 aromatic carbocycles. The smallest absolute Gasteiger partial charge is 0.264 e. The fourth-order valence-corrected chi connectivity index (χ4v) is 4.67. The van der Waals surface area contributed by atoms with Crippen molar-refractivity contribution in [3.8, 4) is 11.5 Å². The van der Waals surface area contributed by atoms with Crippen LogP contribution in [0.3, 0.4) is 0 Å². The summed E-state index contributed by atoms with van der Waals surface area (Å²) in [4.78, 5) is 12.1. The number of methoxy groups -OCH3 is 1. The Kier molecular flexibility index (Phi) is 7.38. The number of nitrogens with one attached hydrogen (secondary N) is 1. The van der Waals surface area contributed by atoms with Gasteiger partial charge in [-0.25, -0.2) is 0 Å². The Balaban J connectivity index is 1.52. The molecule has 28 heavy (non-hydrogen) atoms. The van der Waals surface area contributed by atoms with E-state index in [1.54, 1.807) is 43.5 Å².